The highest BCUT2D eigenvalue weighted by Gasteiger charge is 2.14. The zero-order valence-corrected chi connectivity index (χ0v) is 18.7. The predicted molar refractivity (Wildman–Crippen MR) is 130 cm³/mol. The number of carbonyl (C=O) groups excluding carboxylic acids is 2. The molecule has 2 N–H and O–H groups in total. The third-order valence-electron chi connectivity index (χ3n) is 5.06. The van der Waals surface area contributed by atoms with Crippen LogP contribution in [0.25, 0.3) is 0 Å². The van der Waals surface area contributed by atoms with Crippen LogP contribution in [0, 0.1) is 0 Å². The Hall–Kier alpha value is -3.80. The second-order valence-electron chi connectivity index (χ2n) is 7.54. The summed E-state index contributed by atoms with van der Waals surface area (Å²) >= 11 is 0. The molecule has 0 saturated heterocycles. The van der Waals surface area contributed by atoms with Crippen LogP contribution in [0.15, 0.2) is 78.9 Å². The summed E-state index contributed by atoms with van der Waals surface area (Å²) < 4.78 is 5.75. The Kier molecular flexibility index (Phi) is 7.86. The van der Waals surface area contributed by atoms with Gasteiger partial charge >= 0.3 is 0 Å². The summed E-state index contributed by atoms with van der Waals surface area (Å²) in [6.07, 6.45) is 1.08. The van der Waals surface area contributed by atoms with Crippen LogP contribution in [0.3, 0.4) is 0 Å². The molecule has 3 rings (SSSR count). The Balaban J connectivity index is 1.54. The fourth-order valence-electron chi connectivity index (χ4n) is 3.04. The molecule has 2 amide bonds. The molecule has 3 aromatic carbocycles. The molecule has 0 radical (unpaired) electrons. The summed E-state index contributed by atoms with van der Waals surface area (Å²) in [7, 11) is 1.74. The van der Waals surface area contributed by atoms with Gasteiger partial charge in [0.2, 0.25) is 5.91 Å². The maximum atomic E-state index is 12.8. The van der Waals surface area contributed by atoms with E-state index in [1.807, 2.05) is 67.6 Å². The van der Waals surface area contributed by atoms with Crippen molar-refractivity contribution >= 4 is 28.9 Å². The van der Waals surface area contributed by atoms with Gasteiger partial charge in [0.1, 0.15) is 5.75 Å². The molecule has 1 unspecified atom stereocenters. The van der Waals surface area contributed by atoms with Gasteiger partial charge in [-0.3, -0.25) is 9.59 Å². The highest BCUT2D eigenvalue weighted by Crippen LogP contribution is 2.19. The molecule has 1 atom stereocenters. The summed E-state index contributed by atoms with van der Waals surface area (Å²) in [5.41, 5.74) is 2.75. The van der Waals surface area contributed by atoms with Crippen molar-refractivity contribution in [1.29, 1.82) is 0 Å². The van der Waals surface area contributed by atoms with Gasteiger partial charge in [-0.25, -0.2) is 0 Å². The number of nitrogens with one attached hydrogen (secondary N) is 2. The maximum Gasteiger partial charge on any atom is 0.258 e. The average molecular weight is 432 g/mol. The minimum absolute atomic E-state index is 0.0806. The highest BCUT2D eigenvalue weighted by molar-refractivity contribution is 6.06. The Morgan fingerprint density at radius 2 is 1.66 bits per heavy atom. The van der Waals surface area contributed by atoms with Crippen LogP contribution < -0.4 is 20.3 Å². The number of anilines is 3. The summed E-state index contributed by atoms with van der Waals surface area (Å²) in [6, 6.07) is 23.9. The van der Waals surface area contributed by atoms with Gasteiger partial charge < -0.3 is 20.3 Å². The molecule has 0 aliphatic heterocycles. The fraction of sp³-hybridized carbons (Fsp3) is 0.231. The van der Waals surface area contributed by atoms with E-state index in [4.69, 9.17) is 4.74 Å². The number of rotatable bonds is 9. The second-order valence-corrected chi connectivity index (χ2v) is 7.54. The molecule has 0 aliphatic rings. The zero-order valence-electron chi connectivity index (χ0n) is 18.7. The molecule has 0 bridgehead atoms. The predicted octanol–water partition coefficient (Wildman–Crippen LogP) is 5.19. The molecular weight excluding hydrogens is 402 g/mol. The number of benzene rings is 3. The van der Waals surface area contributed by atoms with Crippen molar-refractivity contribution in [3.8, 4) is 5.75 Å². The van der Waals surface area contributed by atoms with Gasteiger partial charge in [-0.05, 0) is 67.9 Å². The first-order valence-corrected chi connectivity index (χ1v) is 10.7. The van der Waals surface area contributed by atoms with Gasteiger partial charge in [-0.1, -0.05) is 31.2 Å². The smallest absolute Gasteiger partial charge is 0.258 e. The second kappa shape index (κ2) is 11.0. The summed E-state index contributed by atoms with van der Waals surface area (Å²) in [4.78, 5) is 26.7. The van der Waals surface area contributed by atoms with Gasteiger partial charge in [-0.15, -0.1) is 0 Å². The first-order valence-electron chi connectivity index (χ1n) is 10.7. The SMILES string of the molecule is CCC(C)Oc1ccc(NC(=O)CNc2cccc(C(=O)N(C)c3ccccc3)c2)cc1. The average Bonchev–Trinajstić information content (AvgIpc) is 2.83. The Morgan fingerprint density at radius 1 is 0.938 bits per heavy atom. The molecule has 0 fully saturated rings. The van der Waals surface area contributed by atoms with Crippen molar-refractivity contribution in [2.75, 3.05) is 29.1 Å². The number of para-hydroxylation sites is 1. The van der Waals surface area contributed by atoms with E-state index in [1.165, 1.54) is 0 Å². The van der Waals surface area contributed by atoms with Crippen LogP contribution in [-0.4, -0.2) is 31.5 Å². The number of ether oxygens (including phenoxy) is 1. The number of nitrogens with zero attached hydrogens (tertiary/aromatic N) is 1. The highest BCUT2D eigenvalue weighted by atomic mass is 16.5. The van der Waals surface area contributed by atoms with Crippen molar-refractivity contribution in [1.82, 2.24) is 0 Å². The van der Waals surface area contributed by atoms with E-state index in [-0.39, 0.29) is 24.5 Å². The summed E-state index contributed by atoms with van der Waals surface area (Å²) in [6.45, 7) is 4.17. The molecule has 0 aromatic heterocycles. The van der Waals surface area contributed by atoms with Crippen molar-refractivity contribution in [2.45, 2.75) is 26.4 Å². The Morgan fingerprint density at radius 3 is 2.34 bits per heavy atom. The lowest BCUT2D eigenvalue weighted by Crippen LogP contribution is -2.26. The van der Waals surface area contributed by atoms with E-state index in [0.29, 0.717) is 16.9 Å². The molecule has 0 heterocycles. The first-order chi connectivity index (χ1) is 15.5. The van der Waals surface area contributed by atoms with E-state index in [9.17, 15) is 9.59 Å². The van der Waals surface area contributed by atoms with Crippen molar-refractivity contribution in [3.63, 3.8) is 0 Å². The van der Waals surface area contributed by atoms with Gasteiger partial charge in [0.15, 0.2) is 0 Å². The van der Waals surface area contributed by atoms with Crippen molar-refractivity contribution in [2.24, 2.45) is 0 Å². The standard InChI is InChI=1S/C26H29N3O3/c1-4-19(2)32-24-15-13-21(14-16-24)28-25(30)18-27-22-10-8-9-20(17-22)26(31)29(3)23-11-6-5-7-12-23/h5-17,19,27H,4,18H2,1-3H3,(H,28,30). The molecule has 32 heavy (non-hydrogen) atoms. The maximum absolute atomic E-state index is 12.8. The van der Waals surface area contributed by atoms with Gasteiger partial charge in [0.25, 0.3) is 5.91 Å². The largest absolute Gasteiger partial charge is 0.491 e. The first kappa shape index (κ1) is 22.9. The summed E-state index contributed by atoms with van der Waals surface area (Å²) in [5, 5.41) is 5.93. The number of hydrogen-bond donors (Lipinski definition) is 2. The van der Waals surface area contributed by atoms with Crippen LogP contribution in [0.5, 0.6) is 5.75 Å². The Labute approximate surface area is 189 Å². The van der Waals surface area contributed by atoms with Crippen LogP contribution >= 0.6 is 0 Å². The molecule has 3 aromatic rings. The normalized spacial score (nSPS) is 11.3. The zero-order chi connectivity index (χ0) is 22.9. The molecule has 0 spiro atoms. The molecule has 166 valence electrons. The van der Waals surface area contributed by atoms with Crippen LogP contribution in [-0.2, 0) is 4.79 Å². The van der Waals surface area contributed by atoms with E-state index >= 15 is 0 Å². The molecule has 6 nitrogen and oxygen atoms in total. The third kappa shape index (κ3) is 6.35. The molecule has 6 heteroatoms. The number of amides is 2. The van der Waals surface area contributed by atoms with Crippen LogP contribution in [0.4, 0.5) is 17.1 Å². The quantitative estimate of drug-likeness (QED) is 0.489. The molecular formula is C26H29N3O3. The van der Waals surface area contributed by atoms with E-state index in [0.717, 1.165) is 17.9 Å². The lowest BCUT2D eigenvalue weighted by Gasteiger charge is -2.18. The molecule has 0 aliphatic carbocycles. The Bertz CT molecular complexity index is 1040. The van der Waals surface area contributed by atoms with Crippen molar-refractivity contribution in [3.05, 3.63) is 84.4 Å². The van der Waals surface area contributed by atoms with Crippen molar-refractivity contribution < 1.29 is 14.3 Å². The lowest BCUT2D eigenvalue weighted by atomic mass is 10.1. The minimum Gasteiger partial charge on any atom is -0.491 e. The van der Waals surface area contributed by atoms with Gasteiger partial charge in [-0.2, -0.15) is 0 Å². The van der Waals surface area contributed by atoms with Gasteiger partial charge in [0, 0.05) is 29.7 Å². The summed E-state index contributed by atoms with van der Waals surface area (Å²) in [5.74, 6) is 0.472. The van der Waals surface area contributed by atoms with Crippen LogP contribution in [0.1, 0.15) is 30.6 Å². The topological polar surface area (TPSA) is 70.7 Å². The molecule has 0 saturated carbocycles. The fourth-order valence-corrected chi connectivity index (χ4v) is 3.04. The number of carbonyl (C=O) groups is 2. The van der Waals surface area contributed by atoms with Gasteiger partial charge in [0.05, 0.1) is 12.6 Å². The van der Waals surface area contributed by atoms with Crippen LogP contribution in [0.2, 0.25) is 0 Å². The monoisotopic (exact) mass is 431 g/mol. The van der Waals surface area contributed by atoms with E-state index < -0.39 is 0 Å². The number of hydrogen-bond acceptors (Lipinski definition) is 4. The van der Waals surface area contributed by atoms with E-state index in [1.54, 1.807) is 30.1 Å². The minimum atomic E-state index is -0.182. The third-order valence-corrected chi connectivity index (χ3v) is 5.06. The lowest BCUT2D eigenvalue weighted by molar-refractivity contribution is -0.114. The van der Waals surface area contributed by atoms with E-state index in [2.05, 4.69) is 17.6 Å².